The summed E-state index contributed by atoms with van der Waals surface area (Å²) >= 11 is 0. The van der Waals surface area contributed by atoms with E-state index in [9.17, 15) is 14.4 Å². The second-order valence-electron chi connectivity index (χ2n) is 4.90. The van der Waals surface area contributed by atoms with Gasteiger partial charge in [-0.05, 0) is 12.8 Å². The molecule has 0 rings (SSSR count). The van der Waals surface area contributed by atoms with E-state index < -0.39 is 23.9 Å². The third-order valence-electron chi connectivity index (χ3n) is 2.62. The number of amides is 1. The molecule has 1 amide bonds. The molecule has 0 aromatic heterocycles. The average molecular weight is 259 g/mol. The Bertz CT molecular complexity index is 326. The van der Waals surface area contributed by atoms with Crippen LogP contribution in [0.15, 0.2) is 0 Å². The number of carboxylic acid groups (broad SMARTS) is 2. The van der Waals surface area contributed by atoms with Crippen LogP contribution in [0.5, 0.6) is 0 Å². The fourth-order valence-electron chi connectivity index (χ4n) is 1.45. The van der Waals surface area contributed by atoms with Crippen molar-refractivity contribution in [2.24, 2.45) is 11.8 Å². The second-order valence-corrected chi connectivity index (χ2v) is 4.90. The van der Waals surface area contributed by atoms with Gasteiger partial charge in [-0.2, -0.15) is 0 Å². The van der Waals surface area contributed by atoms with Gasteiger partial charge >= 0.3 is 11.9 Å². The molecule has 0 aliphatic rings. The Morgan fingerprint density at radius 3 is 1.83 bits per heavy atom. The Hall–Kier alpha value is -1.59. The van der Waals surface area contributed by atoms with Crippen LogP contribution in [-0.4, -0.2) is 45.5 Å². The number of hydrogen-bond donors (Lipinski definition) is 2. The summed E-state index contributed by atoms with van der Waals surface area (Å²) < 4.78 is 0. The Morgan fingerprint density at radius 2 is 1.50 bits per heavy atom. The molecule has 0 radical (unpaired) electrons. The number of rotatable bonds is 7. The Morgan fingerprint density at radius 1 is 1.00 bits per heavy atom. The summed E-state index contributed by atoms with van der Waals surface area (Å²) in [7, 11) is 0. The van der Waals surface area contributed by atoms with Gasteiger partial charge in [-0.3, -0.25) is 9.59 Å². The van der Waals surface area contributed by atoms with Crippen LogP contribution in [0.25, 0.3) is 0 Å². The molecule has 6 nitrogen and oxygen atoms in total. The summed E-state index contributed by atoms with van der Waals surface area (Å²) in [5, 5.41) is 17.8. The van der Waals surface area contributed by atoms with Crippen LogP contribution in [-0.2, 0) is 14.4 Å². The number of carbonyl (C=O) groups excluding carboxylic acids is 1. The lowest BCUT2D eigenvalue weighted by Crippen LogP contribution is -2.46. The molecular weight excluding hydrogens is 238 g/mol. The highest BCUT2D eigenvalue weighted by atomic mass is 16.4. The predicted octanol–water partition coefficient (Wildman–Crippen LogP) is 1.05. The zero-order chi connectivity index (χ0) is 14.5. The molecule has 0 aromatic rings. The smallest absolute Gasteiger partial charge is 0.326 e. The van der Waals surface area contributed by atoms with Crippen molar-refractivity contribution < 1.29 is 24.6 Å². The standard InChI is InChI=1S/C12H21NO5/c1-7(2)5-10(14)13(9(4)12(17)18)6-8(3)11(15)16/h7-9H,5-6H2,1-4H3,(H,15,16)(H,17,18). The van der Waals surface area contributed by atoms with E-state index >= 15 is 0 Å². The van der Waals surface area contributed by atoms with Gasteiger partial charge in [0.1, 0.15) is 6.04 Å². The molecule has 6 heteroatoms. The van der Waals surface area contributed by atoms with Gasteiger partial charge in [-0.15, -0.1) is 0 Å². The number of hydrogen-bond acceptors (Lipinski definition) is 3. The summed E-state index contributed by atoms with van der Waals surface area (Å²) in [5.41, 5.74) is 0. The van der Waals surface area contributed by atoms with Crippen LogP contribution >= 0.6 is 0 Å². The Balaban J connectivity index is 4.88. The van der Waals surface area contributed by atoms with Gasteiger partial charge in [0, 0.05) is 13.0 Å². The van der Waals surface area contributed by atoms with E-state index in [1.807, 2.05) is 13.8 Å². The van der Waals surface area contributed by atoms with Crippen molar-refractivity contribution in [2.75, 3.05) is 6.54 Å². The number of carbonyl (C=O) groups is 3. The summed E-state index contributed by atoms with van der Waals surface area (Å²) in [4.78, 5) is 34.8. The molecule has 2 N–H and O–H groups in total. The van der Waals surface area contributed by atoms with Crippen molar-refractivity contribution in [1.82, 2.24) is 4.90 Å². The van der Waals surface area contributed by atoms with Gasteiger partial charge in [0.25, 0.3) is 0 Å². The molecule has 2 unspecified atom stereocenters. The second kappa shape index (κ2) is 6.98. The first-order valence-corrected chi connectivity index (χ1v) is 5.91. The maximum Gasteiger partial charge on any atom is 0.326 e. The minimum atomic E-state index is -1.13. The van der Waals surface area contributed by atoms with E-state index in [-0.39, 0.29) is 24.8 Å². The highest BCUT2D eigenvalue weighted by Crippen LogP contribution is 2.11. The molecule has 0 aliphatic carbocycles. The lowest BCUT2D eigenvalue weighted by molar-refractivity contribution is -0.152. The highest BCUT2D eigenvalue weighted by Gasteiger charge is 2.28. The number of carboxylic acids is 2. The normalized spacial score (nSPS) is 14.1. The third kappa shape index (κ3) is 5.16. The number of nitrogens with zero attached hydrogens (tertiary/aromatic N) is 1. The zero-order valence-corrected chi connectivity index (χ0v) is 11.2. The van der Waals surface area contributed by atoms with Gasteiger partial charge in [0.2, 0.25) is 5.91 Å². The van der Waals surface area contributed by atoms with Crippen molar-refractivity contribution in [3.63, 3.8) is 0 Å². The molecule has 0 bridgehead atoms. The van der Waals surface area contributed by atoms with Crippen molar-refractivity contribution in [3.8, 4) is 0 Å². The monoisotopic (exact) mass is 259 g/mol. The van der Waals surface area contributed by atoms with Gasteiger partial charge in [0.15, 0.2) is 0 Å². The number of aliphatic carboxylic acids is 2. The van der Waals surface area contributed by atoms with Crippen LogP contribution in [0.1, 0.15) is 34.1 Å². The molecule has 0 heterocycles. The van der Waals surface area contributed by atoms with Gasteiger partial charge in [-0.1, -0.05) is 20.8 Å². The first-order chi connectivity index (χ1) is 8.16. The first-order valence-electron chi connectivity index (χ1n) is 5.91. The van der Waals surface area contributed by atoms with Gasteiger partial charge in [-0.25, -0.2) is 4.79 Å². The fourth-order valence-corrected chi connectivity index (χ4v) is 1.45. The molecule has 0 aliphatic heterocycles. The molecular formula is C12H21NO5. The zero-order valence-electron chi connectivity index (χ0n) is 11.2. The SMILES string of the molecule is CC(C)CC(=O)N(CC(C)C(=O)O)C(C)C(=O)O. The van der Waals surface area contributed by atoms with E-state index in [2.05, 4.69) is 0 Å². The molecule has 0 aromatic carbocycles. The molecule has 2 atom stereocenters. The first kappa shape index (κ1) is 16.4. The maximum atomic E-state index is 11.9. The van der Waals surface area contributed by atoms with Crippen LogP contribution < -0.4 is 0 Å². The van der Waals surface area contributed by atoms with Crippen molar-refractivity contribution in [1.29, 1.82) is 0 Å². The quantitative estimate of drug-likeness (QED) is 0.712. The summed E-state index contributed by atoms with van der Waals surface area (Å²) in [5.74, 6) is -3.20. The molecule has 0 saturated carbocycles. The summed E-state index contributed by atoms with van der Waals surface area (Å²) in [6, 6.07) is -1.02. The predicted molar refractivity (Wildman–Crippen MR) is 65.1 cm³/mol. The molecule has 0 fully saturated rings. The third-order valence-corrected chi connectivity index (χ3v) is 2.62. The molecule has 0 saturated heterocycles. The largest absolute Gasteiger partial charge is 0.481 e. The average Bonchev–Trinajstić information content (AvgIpc) is 2.22. The highest BCUT2D eigenvalue weighted by molar-refractivity contribution is 5.84. The molecule has 0 spiro atoms. The summed E-state index contributed by atoms with van der Waals surface area (Å²) in [6.07, 6.45) is 0.212. The molecule has 104 valence electrons. The maximum absolute atomic E-state index is 11.9. The van der Waals surface area contributed by atoms with E-state index in [0.29, 0.717) is 0 Å². The van der Waals surface area contributed by atoms with Crippen LogP contribution in [0.4, 0.5) is 0 Å². The van der Waals surface area contributed by atoms with Gasteiger partial charge in [0.05, 0.1) is 5.92 Å². The van der Waals surface area contributed by atoms with E-state index in [4.69, 9.17) is 10.2 Å². The lowest BCUT2D eigenvalue weighted by Gasteiger charge is -2.28. The summed E-state index contributed by atoms with van der Waals surface area (Å²) in [6.45, 7) is 6.44. The Labute approximate surface area is 107 Å². The fraction of sp³-hybridized carbons (Fsp3) is 0.750. The van der Waals surface area contributed by atoms with Gasteiger partial charge < -0.3 is 15.1 Å². The van der Waals surface area contributed by atoms with Crippen LogP contribution in [0.3, 0.4) is 0 Å². The van der Waals surface area contributed by atoms with Crippen molar-refractivity contribution in [2.45, 2.75) is 40.2 Å². The van der Waals surface area contributed by atoms with E-state index in [1.165, 1.54) is 13.8 Å². The minimum absolute atomic E-state index is 0.0889. The van der Waals surface area contributed by atoms with Crippen LogP contribution in [0.2, 0.25) is 0 Å². The lowest BCUT2D eigenvalue weighted by atomic mass is 10.1. The van der Waals surface area contributed by atoms with E-state index in [1.54, 1.807) is 0 Å². The topological polar surface area (TPSA) is 94.9 Å². The van der Waals surface area contributed by atoms with Crippen molar-refractivity contribution in [3.05, 3.63) is 0 Å². The van der Waals surface area contributed by atoms with Crippen LogP contribution in [0, 0.1) is 11.8 Å². The molecule has 18 heavy (non-hydrogen) atoms. The Kier molecular flexibility index (Phi) is 6.36. The van der Waals surface area contributed by atoms with Crippen molar-refractivity contribution >= 4 is 17.8 Å². The van der Waals surface area contributed by atoms with E-state index in [0.717, 1.165) is 4.90 Å². The minimum Gasteiger partial charge on any atom is -0.481 e.